The number of benzene rings is 10. The van der Waals surface area contributed by atoms with E-state index in [4.69, 9.17) is 0 Å². The molecule has 1 spiro atoms. The minimum absolute atomic E-state index is 0.0206. The second kappa shape index (κ2) is 7.86. The lowest BCUT2D eigenvalue weighted by Crippen LogP contribution is -2.13. The lowest BCUT2D eigenvalue weighted by molar-refractivity contribution is 0.622. The molecule has 0 aliphatic heterocycles. The van der Waals surface area contributed by atoms with E-state index in [-0.39, 0.29) is 17.0 Å². The fourth-order valence-corrected chi connectivity index (χ4v) is 16.0. The number of fused-ring (bicyclic) bond motifs is 1. The van der Waals surface area contributed by atoms with Gasteiger partial charge >= 0.3 is 0 Å². The molecule has 2 heteroatoms. The third kappa shape index (κ3) is 2.42. The fourth-order valence-electron chi connectivity index (χ4n) is 16.0. The van der Waals surface area contributed by atoms with Crippen LogP contribution in [0.1, 0.15) is 93.2 Å². The summed E-state index contributed by atoms with van der Waals surface area (Å²) in [7, 11) is 0. The average molecular weight is 729 g/mol. The van der Waals surface area contributed by atoms with Crippen molar-refractivity contribution in [2.24, 2.45) is 0 Å². The average Bonchev–Trinajstić information content (AvgIpc) is 3.82. The van der Waals surface area contributed by atoms with E-state index in [0.29, 0.717) is 23.7 Å². The molecule has 13 aromatic carbocycles. The highest BCUT2D eigenvalue weighted by Gasteiger charge is 2.71. The van der Waals surface area contributed by atoms with Gasteiger partial charge in [0.1, 0.15) is 11.6 Å². The number of hydrogen-bond acceptors (Lipinski definition) is 0. The van der Waals surface area contributed by atoms with E-state index in [2.05, 4.69) is 44.2 Å². The molecule has 1 saturated carbocycles. The van der Waals surface area contributed by atoms with Crippen LogP contribution >= 0.6 is 0 Å². The first-order chi connectivity index (χ1) is 27.9. The SMILES string of the molecule is CC(C)c1cccc(F)c1.Fc1cccc(C2C3c4cc5c6c7c(cc8c9c%10c%11c%12c(cc%13cc%14c%15c(c%16c4c6c4c%16c6c%15c%13c%12c6c%10c4c79)C23C%14)CC%11C8)C5)c1. The van der Waals surface area contributed by atoms with Gasteiger partial charge in [0.15, 0.2) is 0 Å². The van der Waals surface area contributed by atoms with Crippen molar-refractivity contribution in [3.05, 3.63) is 140 Å². The molecular weight excluding hydrogens is 699 g/mol. The molecule has 13 aromatic rings. The molecule has 0 N–H and O–H groups in total. The molecule has 19 rings (SSSR count). The van der Waals surface area contributed by atoms with E-state index in [1.165, 1.54) is 29.9 Å². The lowest BCUT2D eigenvalue weighted by atomic mass is 9.80. The van der Waals surface area contributed by atoms with Crippen molar-refractivity contribution in [1.82, 2.24) is 0 Å². The Morgan fingerprint density at radius 1 is 0.509 bits per heavy atom. The Morgan fingerprint density at radius 3 is 1.88 bits per heavy atom. The first-order valence-corrected chi connectivity index (χ1v) is 21.2. The van der Waals surface area contributed by atoms with Crippen LogP contribution in [0.15, 0.2) is 72.8 Å². The summed E-state index contributed by atoms with van der Waals surface area (Å²) in [4.78, 5) is 0. The minimum Gasteiger partial charge on any atom is -0.207 e. The summed E-state index contributed by atoms with van der Waals surface area (Å²) >= 11 is 0. The van der Waals surface area contributed by atoms with Gasteiger partial charge in [0.05, 0.1) is 0 Å². The molecule has 0 heterocycles. The third-order valence-corrected chi connectivity index (χ3v) is 17.4. The van der Waals surface area contributed by atoms with Crippen LogP contribution in [0.4, 0.5) is 8.78 Å². The summed E-state index contributed by atoms with van der Waals surface area (Å²) in [5, 5.41) is 32.1. The first-order valence-electron chi connectivity index (χ1n) is 21.2. The Balaban J connectivity index is 0.000000258. The summed E-state index contributed by atoms with van der Waals surface area (Å²) < 4.78 is 27.5. The standard InChI is InChI=1S/C46H19F.C9H11F/c47-21-3-1-2-13(10-21)43-44-22-11-19-8-16-6-17-5-14-4-15-7-18-9-20-12-46(43,44)45-29(20)34-28(18)33-24(15)23(14)31-27(17)32-25(16)26(19)35-30(22)42(45)41-39(34)37(33)36(31)38(32)40(35)41;1-7(2)8-4-3-5-9(10)6-8/h1-3,6-7,9-11,14,43-44H,4-5,8,12H2;3-7H,1-2H3. The van der Waals surface area contributed by atoms with E-state index in [1.807, 2.05) is 18.2 Å². The van der Waals surface area contributed by atoms with Crippen LogP contribution in [0.2, 0.25) is 0 Å². The zero-order valence-corrected chi connectivity index (χ0v) is 31.3. The van der Waals surface area contributed by atoms with Crippen LogP contribution in [0, 0.1) is 11.6 Å². The summed E-state index contributed by atoms with van der Waals surface area (Å²) in [6.07, 6.45) is 4.52. The largest absolute Gasteiger partial charge is 0.207 e. The molecular formula is C55H30F2. The van der Waals surface area contributed by atoms with E-state index < -0.39 is 0 Å². The van der Waals surface area contributed by atoms with Crippen LogP contribution in [0.3, 0.4) is 0 Å². The van der Waals surface area contributed by atoms with Crippen molar-refractivity contribution in [2.75, 3.05) is 0 Å². The Kier molecular flexibility index (Phi) is 3.82. The highest BCUT2D eigenvalue weighted by Crippen LogP contribution is 2.81. The van der Waals surface area contributed by atoms with Crippen LogP contribution in [-0.4, -0.2) is 0 Å². The second-order valence-electron chi connectivity index (χ2n) is 19.7. The molecule has 1 fully saturated rings. The Bertz CT molecular complexity index is 4110. The van der Waals surface area contributed by atoms with Crippen LogP contribution < -0.4 is 0 Å². The molecule has 0 saturated heterocycles. The highest BCUT2D eigenvalue weighted by molar-refractivity contribution is 6.63. The molecule has 57 heavy (non-hydrogen) atoms. The van der Waals surface area contributed by atoms with Crippen molar-refractivity contribution >= 4 is 108 Å². The second-order valence-corrected chi connectivity index (χ2v) is 19.7. The van der Waals surface area contributed by atoms with Gasteiger partial charge in [-0.2, -0.15) is 0 Å². The Morgan fingerprint density at radius 2 is 1.12 bits per heavy atom. The Hall–Kier alpha value is -5.86. The minimum atomic E-state index is -0.147. The maximum Gasteiger partial charge on any atom is 0.123 e. The van der Waals surface area contributed by atoms with Gasteiger partial charge in [0.2, 0.25) is 0 Å². The maximum atomic E-state index is 15.0. The predicted octanol–water partition coefficient (Wildman–Crippen LogP) is 14.2. The zero-order valence-electron chi connectivity index (χ0n) is 31.3. The zero-order chi connectivity index (χ0) is 36.6. The van der Waals surface area contributed by atoms with Gasteiger partial charge in [-0.1, -0.05) is 62.4 Å². The number of halogens is 2. The van der Waals surface area contributed by atoms with Crippen molar-refractivity contribution in [1.29, 1.82) is 0 Å². The highest BCUT2D eigenvalue weighted by atomic mass is 19.1. The number of hydrogen-bond donors (Lipinski definition) is 0. The Labute approximate surface area is 324 Å². The van der Waals surface area contributed by atoms with Crippen molar-refractivity contribution in [2.45, 2.75) is 68.6 Å². The molecule has 4 unspecified atom stereocenters. The summed E-state index contributed by atoms with van der Waals surface area (Å²) in [6, 6.07) is 25.0. The molecule has 4 atom stereocenters. The third-order valence-electron chi connectivity index (χ3n) is 17.4. The van der Waals surface area contributed by atoms with Gasteiger partial charge in [-0.3, -0.25) is 0 Å². The van der Waals surface area contributed by atoms with Crippen molar-refractivity contribution in [3.63, 3.8) is 0 Å². The number of rotatable bonds is 2. The first kappa shape index (κ1) is 27.7. The van der Waals surface area contributed by atoms with E-state index in [1.54, 1.807) is 165 Å². The van der Waals surface area contributed by atoms with E-state index in [9.17, 15) is 4.39 Å². The fraction of sp³-hybridized carbons (Fsp3) is 0.200. The van der Waals surface area contributed by atoms with Gasteiger partial charge < -0.3 is 0 Å². The quantitative estimate of drug-likeness (QED) is 0.156. The normalized spacial score (nSPS) is 23.2. The molecule has 0 radical (unpaired) electrons. The van der Waals surface area contributed by atoms with Gasteiger partial charge in [-0.25, -0.2) is 8.78 Å². The molecule has 0 nitrogen and oxygen atoms in total. The van der Waals surface area contributed by atoms with Gasteiger partial charge in [0, 0.05) is 17.3 Å². The summed E-state index contributed by atoms with van der Waals surface area (Å²) in [5.41, 5.74) is 15.2. The maximum absolute atomic E-state index is 15.0. The molecule has 0 aromatic heterocycles. The van der Waals surface area contributed by atoms with Crippen LogP contribution in [0.5, 0.6) is 0 Å². The molecule has 6 aliphatic carbocycles. The lowest BCUT2D eigenvalue weighted by Gasteiger charge is -2.22. The van der Waals surface area contributed by atoms with Gasteiger partial charge in [-0.15, -0.1) is 0 Å². The topological polar surface area (TPSA) is 0 Å². The summed E-state index contributed by atoms with van der Waals surface area (Å²) in [6.45, 7) is 4.10. The van der Waals surface area contributed by atoms with Crippen molar-refractivity contribution in [3.8, 4) is 0 Å². The van der Waals surface area contributed by atoms with Gasteiger partial charge in [0.25, 0.3) is 0 Å². The van der Waals surface area contributed by atoms with Crippen LogP contribution in [-0.2, 0) is 31.1 Å². The molecule has 0 bridgehead atoms. The molecule has 264 valence electrons. The van der Waals surface area contributed by atoms with Crippen molar-refractivity contribution < 1.29 is 8.78 Å². The summed E-state index contributed by atoms with van der Waals surface area (Å²) in [5.74, 6) is 1.50. The smallest absolute Gasteiger partial charge is 0.123 e. The van der Waals surface area contributed by atoms with E-state index in [0.717, 1.165) is 18.4 Å². The predicted molar refractivity (Wildman–Crippen MR) is 231 cm³/mol. The molecule has 0 amide bonds. The molecule has 6 aliphatic rings. The van der Waals surface area contributed by atoms with Gasteiger partial charge in [-0.05, 0) is 225 Å². The van der Waals surface area contributed by atoms with E-state index >= 15 is 4.39 Å². The van der Waals surface area contributed by atoms with Crippen LogP contribution in [0.25, 0.3) is 108 Å². The monoisotopic (exact) mass is 728 g/mol.